The molecular formula is C19H26N4O3. The third kappa shape index (κ3) is 3.64. The maximum Gasteiger partial charge on any atom is 0.255 e. The van der Waals surface area contributed by atoms with Crippen molar-refractivity contribution >= 4 is 17.7 Å². The first-order valence-electron chi connectivity index (χ1n) is 9.10. The van der Waals surface area contributed by atoms with Crippen LogP contribution >= 0.6 is 0 Å². The van der Waals surface area contributed by atoms with E-state index in [0.717, 1.165) is 11.1 Å². The fraction of sp³-hybridized carbons (Fsp3) is 0.526. The van der Waals surface area contributed by atoms with Crippen molar-refractivity contribution in [2.24, 2.45) is 11.7 Å². The first kappa shape index (κ1) is 18.5. The Balaban J connectivity index is 1.71. The van der Waals surface area contributed by atoms with E-state index in [1.54, 1.807) is 11.0 Å². The van der Waals surface area contributed by atoms with Gasteiger partial charge in [-0.15, -0.1) is 0 Å². The minimum Gasteiger partial charge on any atom is -0.326 e. The summed E-state index contributed by atoms with van der Waals surface area (Å²) >= 11 is 0. The van der Waals surface area contributed by atoms with Crippen molar-refractivity contribution in [1.82, 2.24) is 15.5 Å². The quantitative estimate of drug-likeness (QED) is 0.643. The maximum atomic E-state index is 12.8. The molecule has 2 heterocycles. The van der Waals surface area contributed by atoms with Crippen LogP contribution in [0.15, 0.2) is 18.2 Å². The van der Waals surface area contributed by atoms with Gasteiger partial charge in [0.15, 0.2) is 0 Å². The second-order valence-electron chi connectivity index (χ2n) is 7.38. The number of carbonyl (C=O) groups excluding carboxylic acids is 3. The van der Waals surface area contributed by atoms with Crippen molar-refractivity contribution in [2.45, 2.75) is 51.9 Å². The minimum absolute atomic E-state index is 0.0772. The van der Waals surface area contributed by atoms with Gasteiger partial charge < -0.3 is 16.0 Å². The lowest BCUT2D eigenvalue weighted by molar-refractivity contribution is -0.136. The van der Waals surface area contributed by atoms with Crippen LogP contribution in [0.1, 0.15) is 48.2 Å². The van der Waals surface area contributed by atoms with Crippen LogP contribution < -0.4 is 16.4 Å². The number of nitrogens with two attached hydrogens (primary N) is 1. The number of benzene rings is 1. The van der Waals surface area contributed by atoms with E-state index in [0.29, 0.717) is 37.5 Å². The number of fused-ring (bicyclic) bond motifs is 1. The molecule has 1 aromatic carbocycles. The largest absolute Gasteiger partial charge is 0.326 e. The first-order chi connectivity index (χ1) is 12.4. The lowest BCUT2D eigenvalue weighted by atomic mass is 10.0. The molecule has 2 aliphatic heterocycles. The monoisotopic (exact) mass is 358 g/mol. The van der Waals surface area contributed by atoms with E-state index in [2.05, 4.69) is 24.5 Å². The average Bonchev–Trinajstić information content (AvgIpc) is 2.92. The Morgan fingerprint density at radius 2 is 2.08 bits per heavy atom. The molecule has 7 heteroatoms. The van der Waals surface area contributed by atoms with Crippen molar-refractivity contribution in [3.8, 4) is 0 Å². The number of rotatable bonds is 6. The molecule has 1 aromatic rings. The van der Waals surface area contributed by atoms with E-state index >= 15 is 0 Å². The molecule has 3 amide bonds. The summed E-state index contributed by atoms with van der Waals surface area (Å²) < 4.78 is 0. The molecule has 0 aromatic heterocycles. The van der Waals surface area contributed by atoms with Crippen LogP contribution in [0.3, 0.4) is 0 Å². The number of hydrogen-bond donors (Lipinski definition) is 3. The second-order valence-corrected chi connectivity index (χ2v) is 7.38. The van der Waals surface area contributed by atoms with Crippen molar-refractivity contribution in [3.63, 3.8) is 0 Å². The van der Waals surface area contributed by atoms with Crippen LogP contribution in [0.4, 0.5) is 0 Å². The predicted octanol–water partition coefficient (Wildman–Crippen LogP) is 0.521. The summed E-state index contributed by atoms with van der Waals surface area (Å²) in [5.74, 6) is -0.407. The van der Waals surface area contributed by atoms with E-state index < -0.39 is 6.04 Å². The average molecular weight is 358 g/mol. The van der Waals surface area contributed by atoms with Crippen LogP contribution in [-0.4, -0.2) is 41.2 Å². The van der Waals surface area contributed by atoms with Crippen LogP contribution in [0.2, 0.25) is 0 Å². The Bertz CT molecular complexity index is 731. The topological polar surface area (TPSA) is 105 Å². The van der Waals surface area contributed by atoms with Gasteiger partial charge >= 0.3 is 0 Å². The van der Waals surface area contributed by atoms with Crippen molar-refractivity contribution < 1.29 is 14.4 Å². The molecule has 0 spiro atoms. The van der Waals surface area contributed by atoms with Gasteiger partial charge in [-0.3, -0.25) is 19.7 Å². The number of imide groups is 1. The molecule has 1 fully saturated rings. The molecule has 0 bridgehead atoms. The number of carbonyl (C=O) groups is 3. The number of amides is 3. The Kier molecular flexibility index (Phi) is 5.38. The third-order valence-corrected chi connectivity index (χ3v) is 5.23. The van der Waals surface area contributed by atoms with E-state index in [1.165, 1.54) is 0 Å². The molecule has 4 N–H and O–H groups in total. The molecule has 0 saturated carbocycles. The number of nitrogens with zero attached hydrogens (tertiary/aromatic N) is 1. The van der Waals surface area contributed by atoms with Gasteiger partial charge in [0.25, 0.3) is 5.91 Å². The lowest BCUT2D eigenvalue weighted by Gasteiger charge is -2.29. The molecule has 140 valence electrons. The molecular weight excluding hydrogens is 332 g/mol. The maximum absolute atomic E-state index is 12.8. The summed E-state index contributed by atoms with van der Waals surface area (Å²) in [4.78, 5) is 37.8. The van der Waals surface area contributed by atoms with Crippen LogP contribution in [0, 0.1) is 5.92 Å². The van der Waals surface area contributed by atoms with E-state index in [9.17, 15) is 14.4 Å². The van der Waals surface area contributed by atoms with Crippen molar-refractivity contribution in [1.29, 1.82) is 0 Å². The van der Waals surface area contributed by atoms with E-state index in [4.69, 9.17) is 5.73 Å². The van der Waals surface area contributed by atoms with E-state index in [1.807, 2.05) is 12.1 Å². The predicted molar refractivity (Wildman–Crippen MR) is 97.0 cm³/mol. The number of piperidine rings is 1. The van der Waals surface area contributed by atoms with Crippen LogP contribution in [-0.2, 0) is 22.7 Å². The third-order valence-electron chi connectivity index (χ3n) is 5.23. The summed E-state index contributed by atoms with van der Waals surface area (Å²) in [5.41, 5.74) is 8.70. The molecule has 26 heavy (non-hydrogen) atoms. The summed E-state index contributed by atoms with van der Waals surface area (Å²) in [6.45, 7) is 5.90. The lowest BCUT2D eigenvalue weighted by Crippen LogP contribution is -2.52. The zero-order valence-electron chi connectivity index (χ0n) is 15.2. The van der Waals surface area contributed by atoms with Crippen molar-refractivity contribution in [2.75, 3.05) is 6.54 Å². The van der Waals surface area contributed by atoms with Crippen molar-refractivity contribution in [3.05, 3.63) is 34.9 Å². The SMILES string of the molecule is CC(C)C(N)CNCc1cccc2c1CN(C1CCC(=O)NC1=O)C2=O. The zero-order chi connectivity index (χ0) is 18.8. The zero-order valence-corrected chi connectivity index (χ0v) is 15.2. The molecule has 3 rings (SSSR count). The molecule has 1 saturated heterocycles. The number of nitrogens with one attached hydrogen (secondary N) is 2. The molecule has 2 aliphatic rings. The van der Waals surface area contributed by atoms with Gasteiger partial charge in [-0.25, -0.2) is 0 Å². The highest BCUT2D eigenvalue weighted by molar-refractivity contribution is 6.05. The first-order valence-corrected chi connectivity index (χ1v) is 9.10. The smallest absolute Gasteiger partial charge is 0.255 e. The highest BCUT2D eigenvalue weighted by Gasteiger charge is 2.39. The molecule has 2 atom stereocenters. The summed E-state index contributed by atoms with van der Waals surface area (Å²) in [6, 6.07) is 5.15. The summed E-state index contributed by atoms with van der Waals surface area (Å²) in [6.07, 6.45) is 0.638. The van der Waals surface area contributed by atoms with Gasteiger partial charge in [0.1, 0.15) is 6.04 Å². The van der Waals surface area contributed by atoms with Crippen LogP contribution in [0.25, 0.3) is 0 Å². The molecule has 2 unspecified atom stereocenters. The Labute approximate surface area is 153 Å². The fourth-order valence-corrected chi connectivity index (χ4v) is 3.42. The van der Waals surface area contributed by atoms with Gasteiger partial charge in [0, 0.05) is 37.7 Å². The fourth-order valence-electron chi connectivity index (χ4n) is 3.42. The summed E-state index contributed by atoms with van der Waals surface area (Å²) in [7, 11) is 0. The highest BCUT2D eigenvalue weighted by atomic mass is 16.2. The van der Waals surface area contributed by atoms with Gasteiger partial charge in [-0.2, -0.15) is 0 Å². The normalized spacial score (nSPS) is 21.2. The Hall–Kier alpha value is -2.25. The molecule has 7 nitrogen and oxygen atoms in total. The van der Waals surface area contributed by atoms with Gasteiger partial charge in [-0.1, -0.05) is 26.0 Å². The Morgan fingerprint density at radius 1 is 1.31 bits per heavy atom. The van der Waals surface area contributed by atoms with Gasteiger partial charge in [-0.05, 0) is 29.5 Å². The van der Waals surface area contributed by atoms with Gasteiger partial charge in [0.05, 0.1) is 0 Å². The number of hydrogen-bond acceptors (Lipinski definition) is 5. The second kappa shape index (κ2) is 7.55. The Morgan fingerprint density at radius 3 is 2.77 bits per heavy atom. The molecule has 0 aliphatic carbocycles. The minimum atomic E-state index is -0.581. The van der Waals surface area contributed by atoms with Gasteiger partial charge in [0.2, 0.25) is 11.8 Å². The highest BCUT2D eigenvalue weighted by Crippen LogP contribution is 2.29. The molecule has 0 radical (unpaired) electrons. The van der Waals surface area contributed by atoms with E-state index in [-0.39, 0.29) is 30.2 Å². The summed E-state index contributed by atoms with van der Waals surface area (Å²) in [5, 5.41) is 5.69. The standard InChI is InChI=1S/C19H26N4O3/c1-11(2)15(20)9-21-8-12-4-3-5-13-14(12)10-23(19(13)26)16-6-7-17(24)22-18(16)25/h3-5,11,15-16,21H,6-10,20H2,1-2H3,(H,22,24,25). The van der Waals surface area contributed by atoms with Crippen LogP contribution in [0.5, 0.6) is 0 Å².